The van der Waals surface area contributed by atoms with Crippen molar-refractivity contribution in [1.29, 1.82) is 0 Å². The van der Waals surface area contributed by atoms with Crippen molar-refractivity contribution in [2.45, 2.75) is 44.6 Å². The number of nitrogens with one attached hydrogen (secondary N) is 1. The van der Waals surface area contributed by atoms with Crippen molar-refractivity contribution in [1.82, 2.24) is 20.1 Å². The average Bonchev–Trinajstić information content (AvgIpc) is 3.33. The van der Waals surface area contributed by atoms with Crippen LogP contribution in [0.1, 0.15) is 46.9 Å². The fourth-order valence-electron chi connectivity index (χ4n) is 2.87. The molecule has 9 heteroatoms. The van der Waals surface area contributed by atoms with E-state index in [2.05, 4.69) is 15.4 Å². The second-order valence-electron chi connectivity index (χ2n) is 6.27. The minimum Gasteiger partial charge on any atom is -0.480 e. The Hall–Kier alpha value is -2.58. The van der Waals surface area contributed by atoms with Crippen LogP contribution in [0.5, 0.6) is 0 Å². The van der Waals surface area contributed by atoms with Gasteiger partial charge in [0, 0.05) is 25.1 Å². The molecule has 2 aromatic rings. The molecule has 1 fully saturated rings. The van der Waals surface area contributed by atoms with Crippen LogP contribution in [0, 0.1) is 6.92 Å². The molecule has 3 rings (SSSR count). The van der Waals surface area contributed by atoms with Crippen molar-refractivity contribution in [3.8, 4) is 0 Å². The first-order valence-corrected chi connectivity index (χ1v) is 7.94. The number of carboxylic acids is 1. The standard InChI is InChI=1S/C16H18F2N4O3/c1-7-13-9(15(23)20-11(16(24)25)6-12(17)18)5-10(8-3-4-8)19-14(13)22(2)21-7/h5,8,11-12H,3-4,6H2,1-2H3,(H,20,23)(H,24,25). The minimum atomic E-state index is -2.83. The molecule has 1 saturated carbocycles. The van der Waals surface area contributed by atoms with Gasteiger partial charge in [-0.25, -0.2) is 18.6 Å². The number of fused-ring (bicyclic) bond motifs is 1. The number of aromatic nitrogens is 3. The van der Waals surface area contributed by atoms with Crippen LogP contribution in [0.25, 0.3) is 11.0 Å². The van der Waals surface area contributed by atoms with E-state index in [-0.39, 0.29) is 11.5 Å². The molecule has 0 radical (unpaired) electrons. The maximum absolute atomic E-state index is 12.6. The summed E-state index contributed by atoms with van der Waals surface area (Å²) in [4.78, 5) is 28.3. The van der Waals surface area contributed by atoms with Gasteiger partial charge in [0.2, 0.25) is 6.43 Å². The molecule has 2 heterocycles. The third-order valence-electron chi connectivity index (χ3n) is 4.25. The van der Waals surface area contributed by atoms with E-state index in [4.69, 9.17) is 5.11 Å². The van der Waals surface area contributed by atoms with Crippen LogP contribution in [-0.2, 0) is 11.8 Å². The highest BCUT2D eigenvalue weighted by Gasteiger charge is 2.30. The van der Waals surface area contributed by atoms with Gasteiger partial charge in [-0.3, -0.25) is 9.48 Å². The maximum Gasteiger partial charge on any atom is 0.326 e. The first-order chi connectivity index (χ1) is 11.8. The molecule has 2 N–H and O–H groups in total. The number of halogens is 2. The van der Waals surface area contributed by atoms with Crippen LogP contribution < -0.4 is 5.32 Å². The summed E-state index contributed by atoms with van der Waals surface area (Å²) >= 11 is 0. The number of amides is 1. The van der Waals surface area contributed by atoms with Gasteiger partial charge < -0.3 is 10.4 Å². The molecule has 7 nitrogen and oxygen atoms in total. The lowest BCUT2D eigenvalue weighted by Crippen LogP contribution is -2.42. The second kappa shape index (κ2) is 6.38. The number of aryl methyl sites for hydroxylation is 2. The fourth-order valence-corrected chi connectivity index (χ4v) is 2.87. The van der Waals surface area contributed by atoms with Gasteiger partial charge >= 0.3 is 5.97 Å². The summed E-state index contributed by atoms with van der Waals surface area (Å²) in [7, 11) is 1.71. The lowest BCUT2D eigenvalue weighted by Gasteiger charge is -2.15. The minimum absolute atomic E-state index is 0.220. The number of aliphatic carboxylic acids is 1. The number of carboxylic acid groups (broad SMARTS) is 1. The summed E-state index contributed by atoms with van der Waals surface area (Å²) in [6.07, 6.45) is -1.84. The Balaban J connectivity index is 2.01. The van der Waals surface area contributed by atoms with Crippen molar-refractivity contribution in [2.24, 2.45) is 7.05 Å². The highest BCUT2D eigenvalue weighted by Crippen LogP contribution is 2.40. The largest absolute Gasteiger partial charge is 0.480 e. The molecule has 2 aromatic heterocycles. The summed E-state index contributed by atoms with van der Waals surface area (Å²) in [6.45, 7) is 1.71. The lowest BCUT2D eigenvalue weighted by atomic mass is 10.1. The molecule has 134 valence electrons. The molecule has 1 aliphatic carbocycles. The predicted octanol–water partition coefficient (Wildman–Crippen LogP) is 1.99. The van der Waals surface area contributed by atoms with E-state index in [1.54, 1.807) is 24.7 Å². The van der Waals surface area contributed by atoms with E-state index in [9.17, 15) is 18.4 Å². The number of nitrogens with zero attached hydrogens (tertiary/aromatic N) is 3. The third-order valence-corrected chi connectivity index (χ3v) is 4.25. The maximum atomic E-state index is 12.6. The summed E-state index contributed by atoms with van der Waals surface area (Å²) in [5.74, 6) is -1.94. The summed E-state index contributed by atoms with van der Waals surface area (Å²) in [6, 6.07) is -0.0391. The molecular formula is C16H18F2N4O3. The van der Waals surface area contributed by atoms with Crippen molar-refractivity contribution < 1.29 is 23.5 Å². The van der Waals surface area contributed by atoms with E-state index in [1.165, 1.54) is 0 Å². The van der Waals surface area contributed by atoms with Gasteiger partial charge in [-0.15, -0.1) is 0 Å². The topological polar surface area (TPSA) is 97.1 Å². The van der Waals surface area contributed by atoms with Crippen molar-refractivity contribution in [2.75, 3.05) is 0 Å². The molecule has 0 aliphatic heterocycles. The number of pyridine rings is 1. The Morgan fingerprint density at radius 2 is 2.12 bits per heavy atom. The number of carbonyl (C=O) groups is 2. The first kappa shape index (κ1) is 17.2. The monoisotopic (exact) mass is 352 g/mol. The molecule has 0 aromatic carbocycles. The van der Waals surface area contributed by atoms with Crippen molar-refractivity contribution in [3.63, 3.8) is 0 Å². The lowest BCUT2D eigenvalue weighted by molar-refractivity contribution is -0.140. The van der Waals surface area contributed by atoms with Gasteiger partial charge in [0.15, 0.2) is 5.65 Å². The Kier molecular flexibility index (Phi) is 4.40. The van der Waals surface area contributed by atoms with Crippen LogP contribution in [-0.4, -0.2) is 44.2 Å². The zero-order chi connectivity index (χ0) is 18.3. The van der Waals surface area contributed by atoms with E-state index < -0.39 is 30.8 Å². The van der Waals surface area contributed by atoms with Gasteiger partial charge in [0.25, 0.3) is 5.91 Å². The zero-order valence-electron chi connectivity index (χ0n) is 13.8. The summed E-state index contributed by atoms with van der Waals surface area (Å²) in [5, 5.41) is 16.0. The smallest absolute Gasteiger partial charge is 0.326 e. The second-order valence-corrected chi connectivity index (χ2v) is 6.27. The molecular weight excluding hydrogens is 334 g/mol. The number of rotatable bonds is 6. The van der Waals surface area contributed by atoms with Crippen LogP contribution in [0.2, 0.25) is 0 Å². The van der Waals surface area contributed by atoms with Gasteiger partial charge in [0.1, 0.15) is 6.04 Å². The highest BCUT2D eigenvalue weighted by atomic mass is 19.3. The quantitative estimate of drug-likeness (QED) is 0.829. The van der Waals surface area contributed by atoms with E-state index in [0.29, 0.717) is 16.7 Å². The molecule has 1 amide bonds. The number of hydrogen-bond acceptors (Lipinski definition) is 4. The van der Waals surface area contributed by atoms with Crippen molar-refractivity contribution >= 4 is 22.9 Å². The predicted molar refractivity (Wildman–Crippen MR) is 84.7 cm³/mol. The number of hydrogen-bond donors (Lipinski definition) is 2. The Morgan fingerprint density at radius 1 is 1.44 bits per heavy atom. The molecule has 1 aliphatic rings. The van der Waals surface area contributed by atoms with E-state index in [0.717, 1.165) is 18.5 Å². The first-order valence-electron chi connectivity index (χ1n) is 7.94. The van der Waals surface area contributed by atoms with Gasteiger partial charge in [-0.05, 0) is 25.8 Å². The molecule has 1 atom stereocenters. The Bertz CT molecular complexity index is 846. The van der Waals surface area contributed by atoms with E-state index >= 15 is 0 Å². The van der Waals surface area contributed by atoms with Crippen LogP contribution in [0.3, 0.4) is 0 Å². The molecule has 0 saturated heterocycles. The average molecular weight is 352 g/mol. The number of alkyl halides is 2. The highest BCUT2D eigenvalue weighted by molar-refractivity contribution is 6.07. The normalized spacial score (nSPS) is 15.6. The molecule has 1 unspecified atom stereocenters. The van der Waals surface area contributed by atoms with Crippen LogP contribution in [0.4, 0.5) is 8.78 Å². The van der Waals surface area contributed by atoms with Gasteiger partial charge in [-0.2, -0.15) is 5.10 Å². The SMILES string of the molecule is Cc1nn(C)c2nc(C3CC3)cc(C(=O)NC(CC(F)F)C(=O)O)c12. The molecule has 0 spiro atoms. The summed E-state index contributed by atoms with van der Waals surface area (Å²) in [5.41, 5.74) is 2.05. The summed E-state index contributed by atoms with van der Waals surface area (Å²) < 4.78 is 26.7. The van der Waals surface area contributed by atoms with E-state index in [1.807, 2.05) is 0 Å². The van der Waals surface area contributed by atoms with Gasteiger partial charge in [-0.1, -0.05) is 0 Å². The zero-order valence-corrected chi connectivity index (χ0v) is 13.8. The Labute approximate surface area is 142 Å². The van der Waals surface area contributed by atoms with Crippen molar-refractivity contribution in [3.05, 3.63) is 23.0 Å². The molecule has 0 bridgehead atoms. The van der Waals surface area contributed by atoms with Crippen LogP contribution in [0.15, 0.2) is 6.07 Å². The van der Waals surface area contributed by atoms with Crippen LogP contribution >= 0.6 is 0 Å². The number of carbonyl (C=O) groups excluding carboxylic acids is 1. The Morgan fingerprint density at radius 3 is 2.68 bits per heavy atom. The third kappa shape index (κ3) is 3.45. The molecule has 25 heavy (non-hydrogen) atoms. The fraction of sp³-hybridized carbons (Fsp3) is 0.500. The van der Waals surface area contributed by atoms with Gasteiger partial charge in [0.05, 0.1) is 16.6 Å².